The molecule has 140 valence electrons. The molecule has 0 fully saturated rings. The first-order valence-corrected chi connectivity index (χ1v) is 11.3. The van der Waals surface area contributed by atoms with Crippen molar-refractivity contribution >= 4 is 26.2 Å². The normalized spacial score (nSPS) is 10.5. The van der Waals surface area contributed by atoms with Gasteiger partial charge in [-0.1, -0.05) is 45.4 Å². The summed E-state index contributed by atoms with van der Waals surface area (Å²) in [6.07, 6.45) is 21.3. The van der Waals surface area contributed by atoms with Crippen molar-refractivity contribution in [1.29, 1.82) is 0 Å². The number of hydrogen-bond donors (Lipinski definition) is 0. The van der Waals surface area contributed by atoms with E-state index in [0.29, 0.717) is 6.61 Å². The molecular weight excluding hydrogens is 524 g/mol. The Labute approximate surface area is 168 Å². The summed E-state index contributed by atoms with van der Waals surface area (Å²) in [5, 5.41) is 0. The van der Waals surface area contributed by atoms with Gasteiger partial charge in [0.05, 0.1) is 0 Å². The van der Waals surface area contributed by atoms with Gasteiger partial charge in [-0.05, 0) is 0 Å². The fourth-order valence-corrected chi connectivity index (χ4v) is 3.22. The minimum absolute atomic E-state index is 0. The fraction of sp³-hybridized carbons (Fsp3) is 1.00. The molecule has 0 N–H and O–H groups in total. The third-order valence-corrected chi connectivity index (χ3v) is 4.81. The molecule has 0 unspecified atom stereocenters. The Morgan fingerprint density at radius 1 is 0.565 bits per heavy atom. The molecule has 0 saturated heterocycles. The maximum absolute atomic E-state index is 10.3. The molecular formula is C18H40BiO3V. The Kier molecular flexibility index (Phi) is 26.3. The summed E-state index contributed by atoms with van der Waals surface area (Å²) in [6.45, 7) is 2.67. The van der Waals surface area contributed by atoms with Crippen molar-refractivity contribution in [2.24, 2.45) is 0 Å². The molecule has 0 heterocycles. The Morgan fingerprint density at radius 2 is 0.870 bits per heavy atom. The van der Waals surface area contributed by atoms with Crippen LogP contribution < -0.4 is 0 Å². The van der Waals surface area contributed by atoms with Crippen LogP contribution in [-0.2, 0) is 26.4 Å². The second-order valence-corrected chi connectivity index (χ2v) is 7.46. The summed E-state index contributed by atoms with van der Waals surface area (Å²) in [6, 6.07) is 0. The zero-order valence-electron chi connectivity index (χ0n) is 15.4. The summed E-state index contributed by atoms with van der Waals surface area (Å²) in [7, 11) is 0. The predicted octanol–water partition coefficient (Wildman–Crippen LogP) is 5.30. The second-order valence-electron chi connectivity index (χ2n) is 6.36. The van der Waals surface area contributed by atoms with E-state index >= 15 is 0 Å². The molecule has 23 heavy (non-hydrogen) atoms. The van der Waals surface area contributed by atoms with E-state index in [4.69, 9.17) is 0 Å². The number of hydrogen-bond acceptors (Lipinski definition) is 3. The van der Waals surface area contributed by atoms with Crippen LogP contribution in [0.1, 0.15) is 110 Å². The van der Waals surface area contributed by atoms with Gasteiger partial charge in [-0.15, -0.1) is 0 Å². The van der Waals surface area contributed by atoms with Gasteiger partial charge >= 0.3 is 123 Å². The molecule has 0 aromatic rings. The van der Waals surface area contributed by atoms with E-state index in [1.807, 2.05) is 0 Å². The molecule has 0 rings (SSSR count). The van der Waals surface area contributed by atoms with Crippen LogP contribution in [0.2, 0.25) is 0 Å². The molecule has 0 aliphatic heterocycles. The van der Waals surface area contributed by atoms with Gasteiger partial charge in [-0.25, -0.2) is 0 Å². The SMILES string of the molecule is CCCCCCCCCCCCCCCCCC[O][V](=[O])=[O].[BiH3]. The topological polar surface area (TPSA) is 43.4 Å². The summed E-state index contributed by atoms with van der Waals surface area (Å²) in [5.74, 6) is 0. The van der Waals surface area contributed by atoms with Crippen LogP contribution in [0, 0.1) is 0 Å². The van der Waals surface area contributed by atoms with Crippen molar-refractivity contribution in [3.8, 4) is 0 Å². The molecule has 5 heteroatoms. The van der Waals surface area contributed by atoms with E-state index in [1.54, 1.807) is 0 Å². The Hall–Kier alpha value is 1.03. The third kappa shape index (κ3) is 25.4. The quantitative estimate of drug-likeness (QED) is 0.168. The number of unbranched alkanes of at least 4 members (excludes halogenated alkanes) is 15. The molecule has 0 aromatic heterocycles. The third-order valence-electron chi connectivity index (χ3n) is 4.19. The molecule has 0 amide bonds. The van der Waals surface area contributed by atoms with Crippen molar-refractivity contribution < 1.29 is 26.4 Å². The van der Waals surface area contributed by atoms with Gasteiger partial charge in [0.2, 0.25) is 0 Å². The van der Waals surface area contributed by atoms with E-state index in [2.05, 4.69) is 10.6 Å². The standard InChI is InChI=1S/C18H37O.Bi.2O.V.3H/c1-2-3-4-5-6-7-8-9-10-11-12-13-14-15-16-17-18-19;;;;;;;/h2-18H2,1H3;;;;;;;/q-1;;;;+1;;;. The van der Waals surface area contributed by atoms with Gasteiger partial charge in [0, 0.05) is 0 Å². The minimum atomic E-state index is -3.32. The van der Waals surface area contributed by atoms with Gasteiger partial charge in [0.1, 0.15) is 0 Å². The molecule has 0 aliphatic carbocycles. The van der Waals surface area contributed by atoms with E-state index in [9.17, 15) is 7.35 Å². The van der Waals surface area contributed by atoms with E-state index < -0.39 is 15.4 Å². The first kappa shape index (κ1) is 26.3. The fourth-order valence-electron chi connectivity index (χ4n) is 2.79. The molecule has 0 aromatic carbocycles. The van der Waals surface area contributed by atoms with Crippen LogP contribution in [0.4, 0.5) is 0 Å². The van der Waals surface area contributed by atoms with Crippen LogP contribution in [0.15, 0.2) is 0 Å². The van der Waals surface area contributed by atoms with Crippen LogP contribution in [0.5, 0.6) is 0 Å². The molecule has 0 aliphatic rings. The van der Waals surface area contributed by atoms with Gasteiger partial charge in [-0.2, -0.15) is 0 Å². The van der Waals surface area contributed by atoms with Crippen LogP contribution in [-0.4, -0.2) is 32.8 Å². The Bertz CT molecular complexity index is 275. The molecule has 0 saturated carbocycles. The van der Waals surface area contributed by atoms with Gasteiger partial charge in [0.25, 0.3) is 0 Å². The van der Waals surface area contributed by atoms with E-state index in [-0.39, 0.29) is 26.2 Å². The maximum atomic E-state index is 10.3. The van der Waals surface area contributed by atoms with Crippen molar-refractivity contribution in [2.45, 2.75) is 110 Å². The first-order chi connectivity index (χ1) is 10.8. The molecule has 0 spiro atoms. The van der Waals surface area contributed by atoms with E-state index in [1.165, 1.54) is 89.9 Å². The van der Waals surface area contributed by atoms with Crippen LogP contribution in [0.3, 0.4) is 0 Å². The second kappa shape index (κ2) is 23.0. The predicted molar refractivity (Wildman–Crippen MR) is 96.8 cm³/mol. The van der Waals surface area contributed by atoms with Crippen LogP contribution >= 0.6 is 0 Å². The molecule has 0 atom stereocenters. The number of rotatable bonds is 18. The van der Waals surface area contributed by atoms with E-state index in [0.717, 1.165) is 12.8 Å². The zero-order valence-corrected chi connectivity index (χ0v) is 22.3. The van der Waals surface area contributed by atoms with Gasteiger partial charge in [-0.3, -0.25) is 0 Å². The summed E-state index contributed by atoms with van der Waals surface area (Å²) < 4.78 is 25.1. The Morgan fingerprint density at radius 3 is 1.17 bits per heavy atom. The van der Waals surface area contributed by atoms with Crippen molar-refractivity contribution in [3.63, 3.8) is 0 Å². The molecule has 0 radical (unpaired) electrons. The van der Waals surface area contributed by atoms with Crippen LogP contribution in [0.25, 0.3) is 0 Å². The van der Waals surface area contributed by atoms with Gasteiger partial charge < -0.3 is 0 Å². The van der Waals surface area contributed by atoms with Crippen molar-refractivity contribution in [2.75, 3.05) is 6.61 Å². The Balaban J connectivity index is 0. The summed E-state index contributed by atoms with van der Waals surface area (Å²) in [5.41, 5.74) is 0. The first-order valence-electron chi connectivity index (χ1n) is 9.54. The average Bonchev–Trinajstić information content (AvgIpc) is 2.50. The zero-order chi connectivity index (χ0) is 16.3. The van der Waals surface area contributed by atoms with Crippen molar-refractivity contribution in [3.05, 3.63) is 0 Å². The summed E-state index contributed by atoms with van der Waals surface area (Å²) >= 11 is -3.32. The molecule has 0 bridgehead atoms. The average molecular weight is 564 g/mol. The molecule has 3 nitrogen and oxygen atoms in total. The van der Waals surface area contributed by atoms with Crippen molar-refractivity contribution in [1.82, 2.24) is 0 Å². The summed E-state index contributed by atoms with van der Waals surface area (Å²) in [4.78, 5) is 0. The monoisotopic (exact) mass is 564 g/mol. The van der Waals surface area contributed by atoms with Gasteiger partial charge in [0.15, 0.2) is 0 Å².